The molecule has 0 radical (unpaired) electrons. The molecule has 0 amide bonds. The van der Waals surface area contributed by atoms with Crippen LogP contribution < -0.4 is 0 Å². The van der Waals surface area contributed by atoms with E-state index in [1.165, 1.54) is 12.1 Å². The molecule has 0 aliphatic rings. The average molecular weight is 438 g/mol. The van der Waals surface area contributed by atoms with Gasteiger partial charge < -0.3 is 5.11 Å². The first kappa shape index (κ1) is 21.8. The van der Waals surface area contributed by atoms with Crippen molar-refractivity contribution in [3.05, 3.63) is 84.9 Å². The number of aromatic nitrogens is 4. The van der Waals surface area contributed by atoms with Crippen molar-refractivity contribution in [2.75, 3.05) is 0 Å². The third-order valence-corrected chi connectivity index (χ3v) is 4.89. The van der Waals surface area contributed by atoms with Crippen LogP contribution in [0.5, 0.6) is 0 Å². The summed E-state index contributed by atoms with van der Waals surface area (Å²) in [6.07, 6.45) is 0. The van der Waals surface area contributed by atoms with Crippen LogP contribution in [-0.4, -0.2) is 44.3 Å². The van der Waals surface area contributed by atoms with E-state index in [4.69, 9.17) is 9.66 Å². The summed E-state index contributed by atoms with van der Waals surface area (Å²) in [6, 6.07) is 25.0. The smallest absolute Gasteiger partial charge is 0.327 e. The summed E-state index contributed by atoms with van der Waals surface area (Å²) in [4.78, 5) is 11.3. The molecule has 0 saturated carbocycles. The zero-order valence-electron chi connectivity index (χ0n) is 16.1. The standard InChI is InChI=1S/C12H10O3S.C9H8N4O2/c13-16(14,15)12-8-6-11(7-9-12)10-4-2-1-3-5-10;14-8(15)6-13-11-9(10-12-13)7-4-2-1-3-5-7/h1-9H,(H,13,14,15);1-5H,6H2,(H,14,15). The minimum Gasteiger partial charge on any atom is -0.480 e. The minimum atomic E-state index is -4.10. The quantitative estimate of drug-likeness (QED) is 0.454. The highest BCUT2D eigenvalue weighted by Gasteiger charge is 2.09. The van der Waals surface area contributed by atoms with Gasteiger partial charge in [0.2, 0.25) is 5.82 Å². The van der Waals surface area contributed by atoms with E-state index in [1.54, 1.807) is 12.1 Å². The molecule has 0 bridgehead atoms. The van der Waals surface area contributed by atoms with Crippen LogP contribution in [0.2, 0.25) is 0 Å². The van der Waals surface area contributed by atoms with Crippen LogP contribution in [0.25, 0.3) is 22.5 Å². The normalized spacial score (nSPS) is 10.7. The lowest BCUT2D eigenvalue weighted by Gasteiger charge is -2.02. The van der Waals surface area contributed by atoms with Gasteiger partial charge in [0.05, 0.1) is 4.90 Å². The molecule has 0 spiro atoms. The van der Waals surface area contributed by atoms with E-state index in [2.05, 4.69) is 15.4 Å². The van der Waals surface area contributed by atoms with Gasteiger partial charge in [-0.25, -0.2) is 0 Å². The van der Waals surface area contributed by atoms with E-state index in [-0.39, 0.29) is 11.4 Å². The predicted molar refractivity (Wildman–Crippen MR) is 113 cm³/mol. The SMILES string of the molecule is O=C(O)Cn1nnc(-c2ccccc2)n1.O=S(=O)(O)c1ccc(-c2ccccc2)cc1. The Hall–Kier alpha value is -3.89. The topological polar surface area (TPSA) is 135 Å². The average Bonchev–Trinajstić information content (AvgIpc) is 3.23. The van der Waals surface area contributed by atoms with Crippen molar-refractivity contribution in [3.63, 3.8) is 0 Å². The van der Waals surface area contributed by atoms with Crippen molar-refractivity contribution in [3.8, 4) is 22.5 Å². The number of carbonyl (C=O) groups is 1. The maximum atomic E-state index is 10.8. The number of aliphatic carboxylic acids is 1. The van der Waals surface area contributed by atoms with Gasteiger partial charge in [0.25, 0.3) is 10.1 Å². The summed E-state index contributed by atoms with van der Waals surface area (Å²) in [5.41, 5.74) is 2.73. The largest absolute Gasteiger partial charge is 0.480 e. The van der Waals surface area contributed by atoms with Gasteiger partial charge in [0.15, 0.2) is 6.54 Å². The summed E-state index contributed by atoms with van der Waals surface area (Å²) in [6.45, 7) is -0.278. The molecule has 4 aromatic rings. The summed E-state index contributed by atoms with van der Waals surface area (Å²) in [7, 11) is -4.10. The summed E-state index contributed by atoms with van der Waals surface area (Å²) in [5, 5.41) is 19.8. The minimum absolute atomic E-state index is 0.0906. The van der Waals surface area contributed by atoms with Crippen LogP contribution in [0.15, 0.2) is 89.8 Å². The van der Waals surface area contributed by atoms with Crippen LogP contribution in [-0.2, 0) is 21.5 Å². The molecule has 0 aliphatic carbocycles. The molecule has 1 heterocycles. The van der Waals surface area contributed by atoms with Gasteiger partial charge in [-0.1, -0.05) is 72.8 Å². The van der Waals surface area contributed by atoms with Crippen molar-refractivity contribution in [1.82, 2.24) is 20.2 Å². The van der Waals surface area contributed by atoms with Gasteiger partial charge >= 0.3 is 5.97 Å². The lowest BCUT2D eigenvalue weighted by atomic mass is 10.1. The van der Waals surface area contributed by atoms with Gasteiger partial charge in [-0.2, -0.15) is 13.2 Å². The van der Waals surface area contributed by atoms with Crippen molar-refractivity contribution < 1.29 is 22.9 Å². The first-order valence-electron chi connectivity index (χ1n) is 9.01. The number of hydrogen-bond donors (Lipinski definition) is 2. The zero-order chi connectivity index (χ0) is 22.3. The number of rotatable bonds is 5. The zero-order valence-corrected chi connectivity index (χ0v) is 16.9. The first-order valence-corrected chi connectivity index (χ1v) is 10.4. The first-order chi connectivity index (χ1) is 14.8. The molecule has 0 unspecified atom stereocenters. The lowest BCUT2D eigenvalue weighted by molar-refractivity contribution is -0.138. The fourth-order valence-electron chi connectivity index (χ4n) is 2.58. The number of carboxylic acid groups (broad SMARTS) is 1. The summed E-state index contributed by atoms with van der Waals surface area (Å²) >= 11 is 0. The van der Waals surface area contributed by atoms with E-state index in [1.807, 2.05) is 60.7 Å². The molecule has 3 aromatic carbocycles. The monoisotopic (exact) mass is 438 g/mol. The molecule has 0 aliphatic heterocycles. The molecule has 10 heteroatoms. The van der Waals surface area contributed by atoms with Crippen LogP contribution in [0, 0.1) is 0 Å². The van der Waals surface area contributed by atoms with Crippen molar-refractivity contribution >= 4 is 16.1 Å². The summed E-state index contributed by atoms with van der Waals surface area (Å²) < 4.78 is 30.5. The Bertz CT molecular complexity index is 1240. The Morgan fingerprint density at radius 2 is 1.32 bits per heavy atom. The molecular formula is C21H18N4O5S. The Morgan fingerprint density at radius 1 is 0.806 bits per heavy atom. The number of nitrogens with zero attached hydrogens (tertiary/aromatic N) is 4. The highest BCUT2D eigenvalue weighted by molar-refractivity contribution is 7.85. The van der Waals surface area contributed by atoms with Gasteiger partial charge in [-0.3, -0.25) is 9.35 Å². The predicted octanol–water partition coefficient (Wildman–Crippen LogP) is 3.03. The molecule has 0 saturated heterocycles. The molecule has 0 fully saturated rings. The second-order valence-electron chi connectivity index (χ2n) is 6.27. The van der Waals surface area contributed by atoms with Crippen LogP contribution in [0.4, 0.5) is 0 Å². The van der Waals surface area contributed by atoms with E-state index in [0.29, 0.717) is 5.82 Å². The highest BCUT2D eigenvalue weighted by Crippen LogP contribution is 2.20. The van der Waals surface area contributed by atoms with Crippen LogP contribution >= 0.6 is 0 Å². The third kappa shape index (κ3) is 6.29. The number of tetrazole rings is 1. The maximum absolute atomic E-state index is 10.8. The fraction of sp³-hybridized carbons (Fsp3) is 0.0476. The van der Waals surface area contributed by atoms with Gasteiger partial charge in [0, 0.05) is 5.56 Å². The lowest BCUT2D eigenvalue weighted by Crippen LogP contribution is -2.11. The second kappa shape index (κ2) is 9.74. The molecule has 158 valence electrons. The van der Waals surface area contributed by atoms with Crippen molar-refractivity contribution in [1.29, 1.82) is 0 Å². The van der Waals surface area contributed by atoms with E-state index in [0.717, 1.165) is 21.5 Å². The molecule has 1 aromatic heterocycles. The highest BCUT2D eigenvalue weighted by atomic mass is 32.2. The Kier molecular flexibility index (Phi) is 6.85. The fourth-order valence-corrected chi connectivity index (χ4v) is 3.06. The summed E-state index contributed by atoms with van der Waals surface area (Å²) in [5.74, 6) is -0.566. The number of hydrogen-bond acceptors (Lipinski definition) is 6. The van der Waals surface area contributed by atoms with Gasteiger partial charge in [0.1, 0.15) is 0 Å². The second-order valence-corrected chi connectivity index (χ2v) is 7.69. The Labute approximate surface area is 178 Å². The van der Waals surface area contributed by atoms with E-state index < -0.39 is 16.1 Å². The maximum Gasteiger partial charge on any atom is 0.327 e. The Morgan fingerprint density at radius 3 is 1.84 bits per heavy atom. The third-order valence-electron chi connectivity index (χ3n) is 4.02. The van der Waals surface area contributed by atoms with Crippen molar-refractivity contribution in [2.45, 2.75) is 11.4 Å². The van der Waals surface area contributed by atoms with Crippen LogP contribution in [0.3, 0.4) is 0 Å². The number of benzene rings is 3. The van der Waals surface area contributed by atoms with Gasteiger partial charge in [-0.05, 0) is 28.5 Å². The molecule has 0 atom stereocenters. The van der Waals surface area contributed by atoms with Crippen molar-refractivity contribution in [2.24, 2.45) is 0 Å². The van der Waals surface area contributed by atoms with Crippen LogP contribution in [0.1, 0.15) is 0 Å². The Balaban J connectivity index is 0.000000176. The van der Waals surface area contributed by atoms with E-state index in [9.17, 15) is 13.2 Å². The molecule has 9 nitrogen and oxygen atoms in total. The van der Waals surface area contributed by atoms with Gasteiger partial charge in [-0.15, -0.1) is 10.2 Å². The number of carboxylic acids is 1. The van der Waals surface area contributed by atoms with E-state index >= 15 is 0 Å². The molecule has 4 rings (SSSR count). The molecule has 2 N–H and O–H groups in total. The molecule has 31 heavy (non-hydrogen) atoms. The molecular weight excluding hydrogens is 420 g/mol.